The minimum atomic E-state index is -0.0766. The minimum absolute atomic E-state index is 0.0766. The molecule has 0 saturated heterocycles. The van der Waals surface area contributed by atoms with Crippen LogP contribution >= 0.6 is 11.3 Å². The van der Waals surface area contributed by atoms with Gasteiger partial charge in [0.05, 0.1) is 16.3 Å². The number of para-hydroxylation sites is 1. The van der Waals surface area contributed by atoms with Crippen LogP contribution in [0.3, 0.4) is 0 Å². The smallest absolute Gasteiger partial charge is 0.265 e. The number of aromatic nitrogens is 2. The molecule has 1 amide bonds. The Kier molecular flexibility index (Phi) is 4.54. The van der Waals surface area contributed by atoms with Crippen molar-refractivity contribution in [3.05, 3.63) is 76.3 Å². The zero-order chi connectivity index (χ0) is 19.0. The Morgan fingerprint density at radius 2 is 1.93 bits per heavy atom. The summed E-state index contributed by atoms with van der Waals surface area (Å²) in [6.07, 6.45) is 0.879. The van der Waals surface area contributed by atoms with Crippen molar-refractivity contribution in [1.29, 1.82) is 0 Å². The van der Waals surface area contributed by atoms with Gasteiger partial charge in [-0.05, 0) is 55.7 Å². The van der Waals surface area contributed by atoms with E-state index in [9.17, 15) is 4.79 Å². The van der Waals surface area contributed by atoms with Crippen LogP contribution in [-0.4, -0.2) is 15.7 Å². The fourth-order valence-corrected chi connectivity index (χ4v) is 4.31. The van der Waals surface area contributed by atoms with E-state index in [4.69, 9.17) is 0 Å². The SMILES string of the molecule is CCc1ccccc1NC(=O)c1cc2c(C)nn(-c3cccc(C)c3)c2s1. The molecule has 5 heteroatoms. The van der Waals surface area contributed by atoms with Gasteiger partial charge in [0.1, 0.15) is 4.83 Å². The number of hydrogen-bond acceptors (Lipinski definition) is 3. The number of anilines is 1. The highest BCUT2D eigenvalue weighted by Gasteiger charge is 2.18. The van der Waals surface area contributed by atoms with Crippen molar-refractivity contribution >= 4 is 33.1 Å². The summed E-state index contributed by atoms with van der Waals surface area (Å²) in [4.78, 5) is 14.5. The third kappa shape index (κ3) is 3.26. The number of aryl methyl sites for hydroxylation is 3. The predicted octanol–water partition coefficient (Wildman–Crippen LogP) is 5.52. The molecular formula is C22H21N3OS. The van der Waals surface area contributed by atoms with E-state index in [0.717, 1.165) is 39.3 Å². The van der Waals surface area contributed by atoms with Crippen molar-refractivity contribution in [2.45, 2.75) is 27.2 Å². The summed E-state index contributed by atoms with van der Waals surface area (Å²) in [7, 11) is 0. The molecule has 0 unspecified atom stereocenters. The van der Waals surface area contributed by atoms with E-state index >= 15 is 0 Å². The van der Waals surface area contributed by atoms with Crippen molar-refractivity contribution in [2.75, 3.05) is 5.32 Å². The molecule has 0 fully saturated rings. The highest BCUT2D eigenvalue weighted by Crippen LogP contribution is 2.31. The number of nitrogens with one attached hydrogen (secondary N) is 1. The Labute approximate surface area is 162 Å². The molecule has 0 radical (unpaired) electrons. The van der Waals surface area contributed by atoms with Crippen LogP contribution in [0.5, 0.6) is 0 Å². The third-order valence-corrected chi connectivity index (χ3v) is 5.77. The molecule has 27 heavy (non-hydrogen) atoms. The van der Waals surface area contributed by atoms with Gasteiger partial charge in [-0.15, -0.1) is 11.3 Å². The first-order chi connectivity index (χ1) is 13.1. The second-order valence-electron chi connectivity index (χ2n) is 6.63. The quantitative estimate of drug-likeness (QED) is 0.510. The molecule has 4 nitrogen and oxygen atoms in total. The lowest BCUT2D eigenvalue weighted by molar-refractivity contribution is 0.103. The zero-order valence-electron chi connectivity index (χ0n) is 15.6. The van der Waals surface area contributed by atoms with E-state index in [1.807, 2.05) is 54.1 Å². The van der Waals surface area contributed by atoms with Crippen molar-refractivity contribution in [1.82, 2.24) is 9.78 Å². The van der Waals surface area contributed by atoms with E-state index in [1.54, 1.807) is 0 Å². The van der Waals surface area contributed by atoms with Crippen LogP contribution in [0.25, 0.3) is 15.9 Å². The summed E-state index contributed by atoms with van der Waals surface area (Å²) in [6, 6.07) is 18.1. The first-order valence-electron chi connectivity index (χ1n) is 9.02. The number of benzene rings is 2. The van der Waals surface area contributed by atoms with Crippen LogP contribution in [0.2, 0.25) is 0 Å². The monoisotopic (exact) mass is 375 g/mol. The van der Waals surface area contributed by atoms with E-state index < -0.39 is 0 Å². The Bertz CT molecular complexity index is 1140. The molecule has 0 aliphatic rings. The number of thiophene rings is 1. The van der Waals surface area contributed by atoms with Gasteiger partial charge >= 0.3 is 0 Å². The predicted molar refractivity (Wildman–Crippen MR) is 112 cm³/mol. The molecule has 0 atom stereocenters. The first kappa shape index (κ1) is 17.5. The highest BCUT2D eigenvalue weighted by molar-refractivity contribution is 7.20. The maximum Gasteiger partial charge on any atom is 0.265 e. The van der Waals surface area contributed by atoms with Crippen LogP contribution in [0.15, 0.2) is 54.6 Å². The van der Waals surface area contributed by atoms with Gasteiger partial charge in [0.25, 0.3) is 5.91 Å². The number of fused-ring (bicyclic) bond motifs is 1. The lowest BCUT2D eigenvalue weighted by atomic mass is 10.1. The standard InChI is InChI=1S/C22H21N3OS/c1-4-16-9-5-6-11-19(16)23-21(26)20-13-18-15(3)24-25(22(18)27-20)17-10-7-8-14(2)12-17/h5-13H,4H2,1-3H3,(H,23,26). The van der Waals surface area contributed by atoms with E-state index in [2.05, 4.69) is 36.4 Å². The normalized spacial score (nSPS) is 11.1. The Morgan fingerprint density at radius 3 is 2.70 bits per heavy atom. The number of amides is 1. The molecule has 136 valence electrons. The van der Waals surface area contributed by atoms with E-state index in [0.29, 0.717) is 4.88 Å². The Morgan fingerprint density at radius 1 is 1.11 bits per heavy atom. The molecule has 4 aromatic rings. The number of carbonyl (C=O) groups excluding carboxylic acids is 1. The molecule has 2 aromatic carbocycles. The Hall–Kier alpha value is -2.92. The summed E-state index contributed by atoms with van der Waals surface area (Å²) < 4.78 is 1.93. The van der Waals surface area contributed by atoms with Crippen molar-refractivity contribution < 1.29 is 4.79 Å². The molecular weight excluding hydrogens is 354 g/mol. The van der Waals surface area contributed by atoms with Gasteiger partial charge in [0, 0.05) is 11.1 Å². The number of rotatable bonds is 4. The van der Waals surface area contributed by atoms with Gasteiger partial charge in [-0.1, -0.05) is 37.3 Å². The lowest BCUT2D eigenvalue weighted by Gasteiger charge is -2.08. The number of nitrogens with zero attached hydrogens (tertiary/aromatic N) is 2. The summed E-state index contributed by atoms with van der Waals surface area (Å²) in [6.45, 7) is 6.13. The number of hydrogen-bond donors (Lipinski definition) is 1. The van der Waals surface area contributed by atoms with Gasteiger partial charge in [0.2, 0.25) is 0 Å². The first-order valence-corrected chi connectivity index (χ1v) is 9.84. The molecule has 0 aliphatic heterocycles. The topological polar surface area (TPSA) is 46.9 Å². The molecule has 4 rings (SSSR count). The molecule has 0 spiro atoms. The summed E-state index contributed by atoms with van der Waals surface area (Å²) >= 11 is 1.47. The van der Waals surface area contributed by atoms with Crippen LogP contribution in [0, 0.1) is 13.8 Å². The molecule has 2 aromatic heterocycles. The third-order valence-electron chi connectivity index (χ3n) is 4.66. The molecule has 0 saturated carbocycles. The van der Waals surface area contributed by atoms with E-state index in [1.165, 1.54) is 16.9 Å². The van der Waals surface area contributed by atoms with Crippen molar-refractivity contribution in [3.63, 3.8) is 0 Å². The van der Waals surface area contributed by atoms with Crippen LogP contribution < -0.4 is 5.32 Å². The highest BCUT2D eigenvalue weighted by atomic mass is 32.1. The zero-order valence-corrected chi connectivity index (χ0v) is 16.4. The van der Waals surface area contributed by atoms with Crippen molar-refractivity contribution in [3.8, 4) is 5.69 Å². The number of carbonyl (C=O) groups is 1. The second-order valence-corrected chi connectivity index (χ2v) is 7.66. The minimum Gasteiger partial charge on any atom is -0.321 e. The summed E-state index contributed by atoms with van der Waals surface area (Å²) in [5, 5.41) is 8.75. The van der Waals surface area contributed by atoms with Crippen LogP contribution in [0.4, 0.5) is 5.69 Å². The van der Waals surface area contributed by atoms with Crippen molar-refractivity contribution in [2.24, 2.45) is 0 Å². The molecule has 0 bridgehead atoms. The van der Waals surface area contributed by atoms with Gasteiger partial charge < -0.3 is 5.32 Å². The average molecular weight is 375 g/mol. The van der Waals surface area contributed by atoms with Gasteiger partial charge in [-0.3, -0.25) is 4.79 Å². The lowest BCUT2D eigenvalue weighted by Crippen LogP contribution is -2.11. The largest absolute Gasteiger partial charge is 0.321 e. The average Bonchev–Trinajstić information content (AvgIpc) is 3.23. The van der Waals surface area contributed by atoms with Gasteiger partial charge in [0.15, 0.2) is 0 Å². The fraction of sp³-hybridized carbons (Fsp3) is 0.182. The van der Waals surface area contributed by atoms with Crippen LogP contribution in [-0.2, 0) is 6.42 Å². The van der Waals surface area contributed by atoms with Crippen LogP contribution in [0.1, 0.15) is 33.4 Å². The molecule has 1 N–H and O–H groups in total. The summed E-state index contributed by atoms with van der Waals surface area (Å²) in [5.41, 5.74) is 5.13. The molecule has 0 aliphatic carbocycles. The second kappa shape index (κ2) is 7.00. The van der Waals surface area contributed by atoms with Gasteiger partial charge in [-0.2, -0.15) is 5.10 Å². The maximum absolute atomic E-state index is 12.8. The Balaban J connectivity index is 1.71. The van der Waals surface area contributed by atoms with E-state index in [-0.39, 0.29) is 5.91 Å². The fourth-order valence-electron chi connectivity index (χ4n) is 3.23. The summed E-state index contributed by atoms with van der Waals surface area (Å²) in [5.74, 6) is -0.0766. The maximum atomic E-state index is 12.8. The molecule has 2 heterocycles. The van der Waals surface area contributed by atoms with Gasteiger partial charge in [-0.25, -0.2) is 4.68 Å².